The van der Waals surface area contributed by atoms with E-state index < -0.39 is 0 Å². The Bertz CT molecular complexity index is 508. The van der Waals surface area contributed by atoms with Gasteiger partial charge in [-0.05, 0) is 12.1 Å². The van der Waals surface area contributed by atoms with Crippen molar-refractivity contribution in [3.05, 3.63) is 33.5 Å². The van der Waals surface area contributed by atoms with Crippen molar-refractivity contribution in [1.29, 1.82) is 0 Å². The summed E-state index contributed by atoms with van der Waals surface area (Å²) in [6, 6.07) is 5.55. The molecule has 0 radical (unpaired) electrons. The average Bonchev–Trinajstić information content (AvgIpc) is 2.64. The van der Waals surface area contributed by atoms with Crippen LogP contribution in [0.2, 0.25) is 9.49 Å². The van der Waals surface area contributed by atoms with Crippen LogP contribution in [0.1, 0.15) is 25.6 Å². The second-order valence-electron chi connectivity index (χ2n) is 3.69. The molecule has 0 aliphatic heterocycles. The first-order valence-electron chi connectivity index (χ1n) is 4.86. The molecule has 0 atom stereocenters. The summed E-state index contributed by atoms with van der Waals surface area (Å²) in [5.74, 6) is 1.01. The van der Waals surface area contributed by atoms with E-state index in [9.17, 15) is 0 Å². The van der Waals surface area contributed by atoms with Crippen molar-refractivity contribution in [3.63, 3.8) is 0 Å². The molecule has 2 aromatic rings. The Morgan fingerprint density at radius 1 is 1.19 bits per heavy atom. The van der Waals surface area contributed by atoms with Crippen molar-refractivity contribution in [2.75, 3.05) is 0 Å². The van der Waals surface area contributed by atoms with Crippen LogP contribution >= 0.6 is 34.5 Å². The van der Waals surface area contributed by atoms with Crippen molar-refractivity contribution >= 4 is 34.5 Å². The molecule has 0 saturated heterocycles. The molecule has 0 spiro atoms. The molecule has 84 valence electrons. The van der Waals surface area contributed by atoms with Crippen LogP contribution in [-0.2, 0) is 0 Å². The smallest absolute Gasteiger partial charge is 0.133 e. The summed E-state index contributed by atoms with van der Waals surface area (Å²) in [6.07, 6.45) is 0. The van der Waals surface area contributed by atoms with E-state index in [2.05, 4.69) is 9.97 Å². The number of hydrogen-bond acceptors (Lipinski definition) is 3. The van der Waals surface area contributed by atoms with Crippen LogP contribution in [0.3, 0.4) is 0 Å². The van der Waals surface area contributed by atoms with E-state index >= 15 is 0 Å². The zero-order valence-electron chi connectivity index (χ0n) is 8.87. The molecule has 0 aliphatic rings. The molecule has 0 bridgehead atoms. The van der Waals surface area contributed by atoms with Crippen molar-refractivity contribution < 1.29 is 0 Å². The van der Waals surface area contributed by atoms with Crippen LogP contribution in [0.15, 0.2) is 18.2 Å². The lowest BCUT2D eigenvalue weighted by Crippen LogP contribution is -1.98. The standard InChI is InChI=1S/C11H10Cl2N2S/c1-6(2)11-14-7(5-9(12)15-11)8-3-4-10(13)16-8/h3-6H,1-2H3. The highest BCUT2D eigenvalue weighted by Crippen LogP contribution is 2.31. The summed E-state index contributed by atoms with van der Waals surface area (Å²) in [7, 11) is 0. The molecule has 0 N–H and O–H groups in total. The lowest BCUT2D eigenvalue weighted by atomic mass is 10.2. The van der Waals surface area contributed by atoms with Crippen LogP contribution in [0, 0.1) is 0 Å². The van der Waals surface area contributed by atoms with Crippen LogP contribution in [0.5, 0.6) is 0 Å². The second kappa shape index (κ2) is 4.70. The van der Waals surface area contributed by atoms with Crippen molar-refractivity contribution in [3.8, 4) is 10.6 Å². The highest BCUT2D eigenvalue weighted by Gasteiger charge is 2.09. The van der Waals surface area contributed by atoms with E-state index in [1.807, 2.05) is 26.0 Å². The number of halogens is 2. The van der Waals surface area contributed by atoms with Gasteiger partial charge in [0.25, 0.3) is 0 Å². The summed E-state index contributed by atoms with van der Waals surface area (Å²) in [5, 5.41) is 0.471. The van der Waals surface area contributed by atoms with Gasteiger partial charge in [0.05, 0.1) is 14.9 Å². The average molecular weight is 273 g/mol. The zero-order chi connectivity index (χ0) is 11.7. The third-order valence-electron chi connectivity index (χ3n) is 2.05. The molecule has 2 aromatic heterocycles. The molecule has 0 aromatic carbocycles. The Kier molecular flexibility index (Phi) is 3.47. The van der Waals surface area contributed by atoms with Gasteiger partial charge in [0.2, 0.25) is 0 Å². The minimum Gasteiger partial charge on any atom is -0.232 e. The number of thiophene rings is 1. The molecule has 0 saturated carbocycles. The zero-order valence-corrected chi connectivity index (χ0v) is 11.2. The van der Waals surface area contributed by atoms with Crippen molar-refractivity contribution in [2.45, 2.75) is 19.8 Å². The fourth-order valence-corrected chi connectivity index (χ4v) is 2.47. The SMILES string of the molecule is CC(C)c1nc(Cl)cc(-c2ccc(Cl)s2)n1. The Morgan fingerprint density at radius 2 is 1.94 bits per heavy atom. The maximum Gasteiger partial charge on any atom is 0.133 e. The Morgan fingerprint density at radius 3 is 2.50 bits per heavy atom. The van der Waals surface area contributed by atoms with Gasteiger partial charge in [-0.3, -0.25) is 0 Å². The lowest BCUT2D eigenvalue weighted by Gasteiger charge is -2.05. The van der Waals surface area contributed by atoms with E-state index in [0.717, 1.165) is 20.7 Å². The summed E-state index contributed by atoms with van der Waals surface area (Å²) >= 11 is 13.4. The summed E-state index contributed by atoms with van der Waals surface area (Å²) in [5.41, 5.74) is 0.834. The van der Waals surface area contributed by atoms with Crippen LogP contribution in [0.4, 0.5) is 0 Å². The molecule has 0 amide bonds. The lowest BCUT2D eigenvalue weighted by molar-refractivity contribution is 0.776. The highest BCUT2D eigenvalue weighted by molar-refractivity contribution is 7.19. The fourth-order valence-electron chi connectivity index (χ4n) is 1.27. The second-order valence-corrected chi connectivity index (χ2v) is 5.79. The first-order chi connectivity index (χ1) is 7.56. The van der Waals surface area contributed by atoms with E-state index in [1.54, 1.807) is 6.07 Å². The molecule has 0 aliphatic carbocycles. The highest BCUT2D eigenvalue weighted by atomic mass is 35.5. The topological polar surface area (TPSA) is 25.8 Å². The van der Waals surface area contributed by atoms with Gasteiger partial charge in [-0.15, -0.1) is 11.3 Å². The molecule has 2 nitrogen and oxygen atoms in total. The molecule has 5 heteroatoms. The molecule has 0 fully saturated rings. The quantitative estimate of drug-likeness (QED) is 0.745. The number of nitrogens with zero attached hydrogens (tertiary/aromatic N) is 2. The molecule has 2 rings (SSSR count). The van der Waals surface area contributed by atoms with Crippen LogP contribution in [0.25, 0.3) is 10.6 Å². The van der Waals surface area contributed by atoms with Gasteiger partial charge in [-0.2, -0.15) is 0 Å². The summed E-state index contributed by atoms with van der Waals surface area (Å²) in [6.45, 7) is 4.08. The number of aromatic nitrogens is 2. The maximum absolute atomic E-state index is 5.97. The Balaban J connectivity index is 2.49. The van der Waals surface area contributed by atoms with Gasteiger partial charge in [0.1, 0.15) is 11.0 Å². The molecule has 0 unspecified atom stereocenters. The molecule has 16 heavy (non-hydrogen) atoms. The van der Waals surface area contributed by atoms with Gasteiger partial charge in [0, 0.05) is 12.0 Å². The first-order valence-corrected chi connectivity index (χ1v) is 6.43. The van der Waals surface area contributed by atoms with E-state index in [1.165, 1.54) is 11.3 Å². The number of rotatable bonds is 2. The van der Waals surface area contributed by atoms with Crippen molar-refractivity contribution in [1.82, 2.24) is 9.97 Å². The monoisotopic (exact) mass is 272 g/mol. The van der Waals surface area contributed by atoms with Gasteiger partial charge in [-0.1, -0.05) is 37.0 Å². The minimum absolute atomic E-state index is 0.257. The van der Waals surface area contributed by atoms with E-state index in [4.69, 9.17) is 23.2 Å². The Labute approximate surface area is 108 Å². The Hall–Kier alpha value is -0.640. The summed E-state index contributed by atoms with van der Waals surface area (Å²) in [4.78, 5) is 9.67. The van der Waals surface area contributed by atoms with Gasteiger partial charge < -0.3 is 0 Å². The van der Waals surface area contributed by atoms with Gasteiger partial charge in [-0.25, -0.2) is 9.97 Å². The fraction of sp³-hybridized carbons (Fsp3) is 0.273. The van der Waals surface area contributed by atoms with Gasteiger partial charge in [0.15, 0.2) is 0 Å². The van der Waals surface area contributed by atoms with E-state index in [-0.39, 0.29) is 5.92 Å². The first kappa shape index (κ1) is 11.8. The van der Waals surface area contributed by atoms with Gasteiger partial charge >= 0.3 is 0 Å². The van der Waals surface area contributed by atoms with E-state index in [0.29, 0.717) is 5.15 Å². The predicted octanol–water partition coefficient (Wildman–Crippen LogP) is 4.64. The van der Waals surface area contributed by atoms with Crippen LogP contribution < -0.4 is 0 Å². The third-order valence-corrected chi connectivity index (χ3v) is 3.50. The normalized spacial score (nSPS) is 11.1. The predicted molar refractivity (Wildman–Crippen MR) is 69.5 cm³/mol. The summed E-state index contributed by atoms with van der Waals surface area (Å²) < 4.78 is 0.746. The van der Waals surface area contributed by atoms with Crippen molar-refractivity contribution in [2.24, 2.45) is 0 Å². The van der Waals surface area contributed by atoms with Crippen LogP contribution in [-0.4, -0.2) is 9.97 Å². The largest absolute Gasteiger partial charge is 0.232 e. The molecule has 2 heterocycles. The minimum atomic E-state index is 0.257. The third kappa shape index (κ3) is 2.54. The molecular formula is C11H10Cl2N2S. The maximum atomic E-state index is 5.97. The molecular weight excluding hydrogens is 263 g/mol. The number of hydrogen-bond donors (Lipinski definition) is 0.